The smallest absolute Gasteiger partial charge is 0.339 e. The Hall–Kier alpha value is -2.72. The van der Waals surface area contributed by atoms with Crippen LogP contribution in [0.5, 0.6) is 0 Å². The van der Waals surface area contributed by atoms with Gasteiger partial charge in [-0.2, -0.15) is 18.3 Å². The molecule has 1 aliphatic carbocycles. The van der Waals surface area contributed by atoms with Crippen LogP contribution in [0.15, 0.2) is 24.3 Å². The fourth-order valence-corrected chi connectivity index (χ4v) is 4.81. The zero-order chi connectivity index (χ0) is 24.9. The van der Waals surface area contributed by atoms with Crippen molar-refractivity contribution in [1.82, 2.24) is 24.6 Å². The van der Waals surface area contributed by atoms with Crippen molar-refractivity contribution in [2.75, 3.05) is 26.2 Å². The Morgan fingerprint density at radius 2 is 1.89 bits per heavy atom. The van der Waals surface area contributed by atoms with Crippen molar-refractivity contribution in [3.05, 3.63) is 57.6 Å². The van der Waals surface area contributed by atoms with Gasteiger partial charge in [-0.1, -0.05) is 17.7 Å². The van der Waals surface area contributed by atoms with Crippen molar-refractivity contribution >= 4 is 28.5 Å². The third-order valence-electron chi connectivity index (χ3n) is 6.65. The number of aryl methyl sites for hydroxylation is 1. The van der Waals surface area contributed by atoms with Gasteiger partial charge in [0.2, 0.25) is 5.91 Å². The average molecular weight is 510 g/mol. The van der Waals surface area contributed by atoms with Gasteiger partial charge in [-0.3, -0.25) is 9.69 Å². The van der Waals surface area contributed by atoms with Crippen LogP contribution in [-0.2, 0) is 24.1 Å². The van der Waals surface area contributed by atoms with E-state index in [-0.39, 0.29) is 40.9 Å². The molecule has 6 nitrogen and oxygen atoms in total. The predicted molar refractivity (Wildman–Crippen MR) is 123 cm³/mol. The lowest BCUT2D eigenvalue weighted by Gasteiger charge is -2.35. The average Bonchev–Trinajstić information content (AvgIpc) is 3.61. The summed E-state index contributed by atoms with van der Waals surface area (Å²) in [7, 11) is 0. The summed E-state index contributed by atoms with van der Waals surface area (Å²) in [6, 6.07) is 5.69. The van der Waals surface area contributed by atoms with E-state index in [2.05, 4.69) is 10.1 Å². The molecule has 1 amide bonds. The topological polar surface area (TPSA) is 54.3 Å². The lowest BCUT2D eigenvalue weighted by atomic mass is 10.1. The second-order valence-electron chi connectivity index (χ2n) is 9.17. The molecule has 1 saturated carbocycles. The van der Waals surface area contributed by atoms with Crippen molar-refractivity contribution < 1.29 is 22.4 Å². The maximum atomic E-state index is 14.1. The van der Waals surface area contributed by atoms with Crippen molar-refractivity contribution in [3.8, 4) is 0 Å². The maximum absolute atomic E-state index is 14.1. The number of rotatable bonds is 5. The van der Waals surface area contributed by atoms with Gasteiger partial charge in [0.15, 0.2) is 5.65 Å². The molecular weight excluding hydrogens is 486 g/mol. The maximum Gasteiger partial charge on any atom is 0.417 e. The van der Waals surface area contributed by atoms with E-state index in [1.807, 2.05) is 4.90 Å². The second kappa shape index (κ2) is 9.05. The number of carbonyl (C=O) groups excluding carboxylic acids is 1. The lowest BCUT2D eigenvalue weighted by molar-refractivity contribution is -0.136. The fourth-order valence-electron chi connectivity index (χ4n) is 4.59. The quantitative estimate of drug-likeness (QED) is 0.465. The van der Waals surface area contributed by atoms with Crippen LogP contribution in [0.25, 0.3) is 11.0 Å². The molecule has 0 N–H and O–H groups in total. The zero-order valence-corrected chi connectivity index (χ0v) is 19.8. The molecule has 0 radical (unpaired) electrons. The summed E-state index contributed by atoms with van der Waals surface area (Å²) in [5.74, 6) is -0.589. The molecule has 35 heavy (non-hydrogen) atoms. The van der Waals surface area contributed by atoms with Gasteiger partial charge in [-0.25, -0.2) is 14.1 Å². The summed E-state index contributed by atoms with van der Waals surface area (Å²) in [5.41, 5.74) is 0.368. The molecule has 1 aliphatic heterocycles. The van der Waals surface area contributed by atoms with Gasteiger partial charge in [0.25, 0.3) is 0 Å². The van der Waals surface area contributed by atoms with Crippen molar-refractivity contribution in [2.24, 2.45) is 0 Å². The monoisotopic (exact) mass is 509 g/mol. The van der Waals surface area contributed by atoms with Gasteiger partial charge in [0.1, 0.15) is 12.4 Å². The second-order valence-corrected chi connectivity index (χ2v) is 9.57. The zero-order valence-electron chi connectivity index (χ0n) is 19.1. The van der Waals surface area contributed by atoms with E-state index in [4.69, 9.17) is 11.6 Å². The van der Waals surface area contributed by atoms with Gasteiger partial charge in [-0.15, -0.1) is 0 Å². The minimum absolute atomic E-state index is 0.0240. The number of alkyl halides is 3. The molecule has 0 unspecified atom stereocenters. The Bertz CT molecular complexity index is 1260. The Labute approximate surface area is 204 Å². The van der Waals surface area contributed by atoms with Crippen LogP contribution < -0.4 is 0 Å². The summed E-state index contributed by atoms with van der Waals surface area (Å²) < 4.78 is 56.8. The molecule has 11 heteroatoms. The third-order valence-corrected chi connectivity index (χ3v) is 7.01. The standard InChI is InChI=1S/C24H24ClF4N5O/c1-14-22-17(24(27,28)29)11-20(15-5-6-15)30-23(22)34(31-14)13-21(35)33-9-7-32(8-10-33)12-16-18(25)3-2-4-19(16)26/h2-4,11,15H,5-10,12-13H2,1H3. The first-order valence-corrected chi connectivity index (χ1v) is 11.9. The molecular formula is C24H24ClF4N5O. The lowest BCUT2D eigenvalue weighted by Crippen LogP contribution is -2.49. The van der Waals surface area contributed by atoms with Crippen LogP contribution in [0.3, 0.4) is 0 Å². The number of amides is 1. The van der Waals surface area contributed by atoms with E-state index in [1.54, 1.807) is 17.0 Å². The van der Waals surface area contributed by atoms with Gasteiger partial charge in [0.05, 0.1) is 16.6 Å². The number of halogens is 5. The van der Waals surface area contributed by atoms with Gasteiger partial charge in [-0.05, 0) is 38.0 Å². The van der Waals surface area contributed by atoms with Crippen LogP contribution in [-0.4, -0.2) is 56.7 Å². The van der Waals surface area contributed by atoms with Gasteiger partial charge >= 0.3 is 6.18 Å². The first-order chi connectivity index (χ1) is 16.6. The molecule has 2 aromatic heterocycles. The molecule has 3 aromatic rings. The molecule has 0 bridgehead atoms. The first kappa shape index (κ1) is 24.0. The molecule has 5 rings (SSSR count). The number of hydrogen-bond donors (Lipinski definition) is 0. The highest BCUT2D eigenvalue weighted by atomic mass is 35.5. The Kier molecular flexibility index (Phi) is 6.21. The highest BCUT2D eigenvalue weighted by Gasteiger charge is 2.38. The third kappa shape index (κ3) is 4.86. The van der Waals surface area contributed by atoms with E-state index in [9.17, 15) is 22.4 Å². The minimum Gasteiger partial charge on any atom is -0.339 e. The van der Waals surface area contributed by atoms with E-state index >= 15 is 0 Å². The number of hydrogen-bond acceptors (Lipinski definition) is 4. The summed E-state index contributed by atoms with van der Waals surface area (Å²) in [6.07, 6.45) is -2.92. The van der Waals surface area contributed by atoms with Crippen molar-refractivity contribution in [2.45, 2.75) is 44.9 Å². The number of piperazine rings is 1. The summed E-state index contributed by atoms with van der Waals surface area (Å²) >= 11 is 6.12. The molecule has 1 aromatic carbocycles. The van der Waals surface area contributed by atoms with Crippen LogP contribution in [0.2, 0.25) is 5.02 Å². The van der Waals surface area contributed by atoms with Gasteiger partial charge < -0.3 is 4.90 Å². The summed E-state index contributed by atoms with van der Waals surface area (Å²) in [4.78, 5) is 21.2. The van der Waals surface area contributed by atoms with Crippen LogP contribution in [0.4, 0.5) is 17.6 Å². The molecule has 2 fully saturated rings. The normalized spacial score (nSPS) is 17.4. The molecule has 186 valence electrons. The van der Waals surface area contributed by atoms with Crippen LogP contribution >= 0.6 is 11.6 Å². The number of nitrogens with zero attached hydrogens (tertiary/aromatic N) is 5. The van der Waals surface area contributed by atoms with E-state index in [1.165, 1.54) is 17.7 Å². The Balaban J connectivity index is 1.31. The number of fused-ring (bicyclic) bond motifs is 1. The van der Waals surface area contributed by atoms with Gasteiger partial charge in [0, 0.05) is 54.9 Å². The fraction of sp³-hybridized carbons (Fsp3) is 0.458. The molecule has 0 spiro atoms. The predicted octanol–water partition coefficient (Wildman–Crippen LogP) is 4.77. The van der Waals surface area contributed by atoms with Crippen molar-refractivity contribution in [3.63, 3.8) is 0 Å². The first-order valence-electron chi connectivity index (χ1n) is 11.5. The Morgan fingerprint density at radius 3 is 2.51 bits per heavy atom. The minimum atomic E-state index is -4.54. The van der Waals surface area contributed by atoms with Crippen LogP contribution in [0, 0.1) is 12.7 Å². The number of aromatic nitrogens is 3. The van der Waals surface area contributed by atoms with Crippen molar-refractivity contribution in [1.29, 1.82) is 0 Å². The number of carbonyl (C=O) groups is 1. The molecule has 1 saturated heterocycles. The summed E-state index contributed by atoms with van der Waals surface area (Å²) in [5, 5.41) is 4.56. The number of pyridine rings is 1. The van der Waals surface area contributed by atoms with E-state index < -0.39 is 11.7 Å². The largest absolute Gasteiger partial charge is 0.417 e. The van der Waals surface area contributed by atoms with E-state index in [0.717, 1.165) is 18.9 Å². The number of benzene rings is 1. The molecule has 2 aliphatic rings. The molecule has 3 heterocycles. The van der Waals surface area contributed by atoms with Crippen LogP contribution in [0.1, 0.15) is 41.3 Å². The summed E-state index contributed by atoms with van der Waals surface area (Å²) in [6.45, 7) is 3.53. The highest BCUT2D eigenvalue weighted by Crippen LogP contribution is 2.43. The Morgan fingerprint density at radius 1 is 1.17 bits per heavy atom. The highest BCUT2D eigenvalue weighted by molar-refractivity contribution is 6.31. The SMILES string of the molecule is Cc1nn(CC(=O)N2CCN(Cc3c(F)cccc3Cl)CC2)c2nc(C3CC3)cc(C(F)(F)F)c12. The van der Waals surface area contributed by atoms with E-state index in [0.29, 0.717) is 49.0 Å². The molecule has 0 atom stereocenters.